The lowest BCUT2D eigenvalue weighted by atomic mass is 10.4. The van der Waals surface area contributed by atoms with E-state index in [9.17, 15) is 8.42 Å². The van der Waals surface area contributed by atoms with Gasteiger partial charge in [0, 0.05) is 30.4 Å². The Balaban J connectivity index is 0.00000400. The Hall–Kier alpha value is -0.420. The zero-order valence-electron chi connectivity index (χ0n) is 12.5. The van der Waals surface area contributed by atoms with E-state index >= 15 is 0 Å². The van der Waals surface area contributed by atoms with Crippen LogP contribution in [0.25, 0.3) is 0 Å². The summed E-state index contributed by atoms with van der Waals surface area (Å²) in [6, 6.07) is 0. The van der Waals surface area contributed by atoms with Crippen molar-refractivity contribution >= 4 is 51.1 Å². The number of aryl methyl sites for hydroxylation is 1. The van der Waals surface area contributed by atoms with E-state index in [0.29, 0.717) is 19.0 Å². The van der Waals surface area contributed by atoms with Gasteiger partial charge in [0.1, 0.15) is 14.8 Å². The number of aliphatic imine (C=N–C) groups is 1. The van der Waals surface area contributed by atoms with Crippen LogP contribution >= 0.6 is 35.3 Å². The van der Waals surface area contributed by atoms with Crippen LogP contribution in [0.15, 0.2) is 11.2 Å². The Morgan fingerprint density at radius 3 is 2.62 bits per heavy atom. The molecule has 9 heteroatoms. The van der Waals surface area contributed by atoms with Crippen molar-refractivity contribution < 1.29 is 8.42 Å². The molecule has 0 saturated heterocycles. The van der Waals surface area contributed by atoms with Crippen LogP contribution in [-0.2, 0) is 22.8 Å². The molecule has 0 saturated carbocycles. The molecule has 0 bridgehead atoms. The number of nitrogens with one attached hydrogen (secondary N) is 2. The van der Waals surface area contributed by atoms with Gasteiger partial charge in [-0.3, -0.25) is 0 Å². The van der Waals surface area contributed by atoms with Crippen LogP contribution in [0.4, 0.5) is 0 Å². The molecule has 6 nitrogen and oxygen atoms in total. The predicted molar refractivity (Wildman–Crippen MR) is 99.4 cm³/mol. The topological polar surface area (TPSA) is 83.4 Å². The first-order chi connectivity index (χ1) is 9.44. The van der Waals surface area contributed by atoms with Crippen molar-refractivity contribution in [2.45, 2.75) is 26.8 Å². The van der Waals surface area contributed by atoms with Crippen molar-refractivity contribution in [3.8, 4) is 0 Å². The minimum Gasteiger partial charge on any atom is -0.357 e. The molecule has 0 radical (unpaired) electrons. The maximum absolute atomic E-state index is 11.1. The summed E-state index contributed by atoms with van der Waals surface area (Å²) in [6.07, 6.45) is 4.08. The summed E-state index contributed by atoms with van der Waals surface area (Å²) in [7, 11) is -2.96. The van der Waals surface area contributed by atoms with E-state index in [4.69, 9.17) is 0 Å². The van der Waals surface area contributed by atoms with Crippen LogP contribution < -0.4 is 10.6 Å². The molecule has 1 heterocycles. The third kappa shape index (κ3) is 9.25. The van der Waals surface area contributed by atoms with Crippen LogP contribution in [-0.4, -0.2) is 44.5 Å². The van der Waals surface area contributed by atoms with Gasteiger partial charge in [0.25, 0.3) is 0 Å². The van der Waals surface area contributed by atoms with E-state index in [-0.39, 0.29) is 29.7 Å². The van der Waals surface area contributed by atoms with Gasteiger partial charge in [-0.2, -0.15) is 0 Å². The number of guanidine groups is 1. The maximum Gasteiger partial charge on any atom is 0.191 e. The number of aromatic nitrogens is 1. The number of rotatable bonds is 7. The molecular weight excluding hydrogens is 423 g/mol. The van der Waals surface area contributed by atoms with E-state index < -0.39 is 9.84 Å². The number of nitrogens with zero attached hydrogens (tertiary/aromatic N) is 2. The fraction of sp³-hybridized carbons (Fsp3) is 0.667. The van der Waals surface area contributed by atoms with Crippen molar-refractivity contribution in [1.29, 1.82) is 0 Å². The summed E-state index contributed by atoms with van der Waals surface area (Å²) in [5, 5.41) is 7.05. The summed E-state index contributed by atoms with van der Waals surface area (Å²) in [4.78, 5) is 9.94. The molecule has 0 amide bonds. The van der Waals surface area contributed by atoms with Gasteiger partial charge in [-0.1, -0.05) is 6.92 Å². The molecule has 0 aliphatic rings. The van der Waals surface area contributed by atoms with E-state index in [0.717, 1.165) is 18.0 Å². The number of hydrogen-bond donors (Lipinski definition) is 2. The second-order valence-electron chi connectivity index (χ2n) is 4.33. The Bertz CT molecular complexity index is 543. The van der Waals surface area contributed by atoms with E-state index in [2.05, 4.69) is 27.5 Å². The molecule has 21 heavy (non-hydrogen) atoms. The van der Waals surface area contributed by atoms with Crippen molar-refractivity contribution in [2.24, 2.45) is 4.99 Å². The Morgan fingerprint density at radius 1 is 1.38 bits per heavy atom. The monoisotopic (exact) mass is 446 g/mol. The molecule has 0 spiro atoms. The fourth-order valence-electron chi connectivity index (χ4n) is 1.43. The summed E-state index contributed by atoms with van der Waals surface area (Å²) >= 11 is 1.65. The standard InChI is InChI=1S/C12H22N4O2S2.HI/c1-4-10-8-15-11(19-10)9-16-12(13-5-2)14-6-7-20(3,17)18;/h8H,4-7,9H2,1-3H3,(H2,13,14,16);1H. The van der Waals surface area contributed by atoms with E-state index in [1.807, 2.05) is 13.1 Å². The molecular formula is C12H23IN4O2S2. The first kappa shape index (κ1) is 20.6. The Morgan fingerprint density at radius 2 is 2.10 bits per heavy atom. The lowest BCUT2D eigenvalue weighted by molar-refractivity contribution is 0.600. The molecule has 1 rings (SSSR count). The average molecular weight is 446 g/mol. The highest BCUT2D eigenvalue weighted by Crippen LogP contribution is 2.13. The number of halogens is 1. The highest BCUT2D eigenvalue weighted by atomic mass is 127. The van der Waals surface area contributed by atoms with E-state index in [1.165, 1.54) is 11.1 Å². The second kappa shape index (κ2) is 10.3. The second-order valence-corrected chi connectivity index (χ2v) is 7.79. The van der Waals surface area contributed by atoms with Gasteiger partial charge < -0.3 is 10.6 Å². The fourth-order valence-corrected chi connectivity index (χ4v) is 2.69. The quantitative estimate of drug-likeness (QED) is 0.376. The van der Waals surface area contributed by atoms with Crippen LogP contribution in [0.1, 0.15) is 23.7 Å². The molecule has 1 aromatic heterocycles. The molecule has 2 N–H and O–H groups in total. The average Bonchev–Trinajstić information content (AvgIpc) is 2.82. The summed E-state index contributed by atoms with van der Waals surface area (Å²) in [5.74, 6) is 0.707. The van der Waals surface area contributed by atoms with Gasteiger partial charge in [0.05, 0.1) is 12.3 Å². The van der Waals surface area contributed by atoms with Gasteiger partial charge in [-0.15, -0.1) is 35.3 Å². The number of thiazole rings is 1. The predicted octanol–water partition coefficient (Wildman–Crippen LogP) is 1.42. The van der Waals surface area contributed by atoms with Crippen LogP contribution in [0.5, 0.6) is 0 Å². The van der Waals surface area contributed by atoms with Crippen molar-refractivity contribution in [3.63, 3.8) is 0 Å². The van der Waals surface area contributed by atoms with Crippen LogP contribution in [0.3, 0.4) is 0 Å². The molecule has 0 atom stereocenters. The largest absolute Gasteiger partial charge is 0.357 e. The molecule has 1 aromatic rings. The lowest BCUT2D eigenvalue weighted by Crippen LogP contribution is -2.39. The van der Waals surface area contributed by atoms with Crippen molar-refractivity contribution in [2.75, 3.05) is 25.1 Å². The van der Waals surface area contributed by atoms with Gasteiger partial charge in [0.2, 0.25) is 0 Å². The summed E-state index contributed by atoms with van der Waals surface area (Å²) in [5.41, 5.74) is 0. The summed E-state index contributed by atoms with van der Waals surface area (Å²) < 4.78 is 22.2. The molecule has 122 valence electrons. The van der Waals surface area contributed by atoms with Gasteiger partial charge >= 0.3 is 0 Å². The number of hydrogen-bond acceptors (Lipinski definition) is 5. The third-order valence-electron chi connectivity index (χ3n) is 2.43. The highest BCUT2D eigenvalue weighted by molar-refractivity contribution is 14.0. The highest BCUT2D eigenvalue weighted by Gasteiger charge is 2.04. The SMILES string of the molecule is CCNC(=NCc1ncc(CC)s1)NCCS(C)(=O)=O.I. The zero-order chi connectivity index (χ0) is 15.0. The minimum absolute atomic E-state index is 0. The first-order valence-corrected chi connectivity index (χ1v) is 9.45. The third-order valence-corrected chi connectivity index (χ3v) is 4.50. The minimum atomic E-state index is -2.96. The van der Waals surface area contributed by atoms with Gasteiger partial charge in [0.15, 0.2) is 5.96 Å². The van der Waals surface area contributed by atoms with Crippen LogP contribution in [0, 0.1) is 0 Å². The van der Waals surface area contributed by atoms with Crippen molar-refractivity contribution in [1.82, 2.24) is 15.6 Å². The maximum atomic E-state index is 11.1. The smallest absolute Gasteiger partial charge is 0.191 e. The molecule has 0 aromatic carbocycles. The molecule has 0 fully saturated rings. The molecule has 0 unspecified atom stereocenters. The molecule has 0 aliphatic carbocycles. The zero-order valence-corrected chi connectivity index (χ0v) is 16.5. The Labute approximate surface area is 147 Å². The molecule has 0 aliphatic heterocycles. The van der Waals surface area contributed by atoms with Crippen molar-refractivity contribution in [3.05, 3.63) is 16.1 Å². The Kier molecular flexibility index (Phi) is 10.1. The van der Waals surface area contributed by atoms with E-state index in [1.54, 1.807) is 11.3 Å². The van der Waals surface area contributed by atoms with Gasteiger partial charge in [-0.05, 0) is 13.3 Å². The van der Waals surface area contributed by atoms with Gasteiger partial charge in [-0.25, -0.2) is 18.4 Å². The lowest BCUT2D eigenvalue weighted by Gasteiger charge is -2.10. The number of sulfone groups is 1. The van der Waals surface area contributed by atoms with Crippen LogP contribution in [0.2, 0.25) is 0 Å². The summed E-state index contributed by atoms with van der Waals surface area (Å²) in [6.45, 7) is 5.63. The first-order valence-electron chi connectivity index (χ1n) is 6.58. The normalized spacial score (nSPS) is 11.9.